The van der Waals surface area contributed by atoms with Gasteiger partial charge >= 0.3 is 6.18 Å². The molecule has 0 radical (unpaired) electrons. The Balaban J connectivity index is 3.31. The van der Waals surface area contributed by atoms with E-state index in [9.17, 15) is 13.2 Å². The third-order valence-electron chi connectivity index (χ3n) is 1.36. The van der Waals surface area contributed by atoms with Gasteiger partial charge in [0.1, 0.15) is 0 Å². The minimum Gasteiger partial charge on any atom is -0.377 e. The second-order valence-corrected chi connectivity index (χ2v) is 2.93. The first kappa shape index (κ1) is 12.7. The van der Waals surface area contributed by atoms with Crippen molar-refractivity contribution in [3.8, 4) is 0 Å². The van der Waals surface area contributed by atoms with E-state index in [1.54, 1.807) is 6.92 Å². The molecule has 0 rings (SSSR count). The molecule has 0 spiro atoms. The van der Waals surface area contributed by atoms with Gasteiger partial charge in [0.05, 0.1) is 12.6 Å². The van der Waals surface area contributed by atoms with Crippen LogP contribution < -0.4 is 5.32 Å². The van der Waals surface area contributed by atoms with Gasteiger partial charge in [-0.25, -0.2) is 0 Å². The van der Waals surface area contributed by atoms with E-state index in [1.807, 2.05) is 6.92 Å². The van der Waals surface area contributed by atoms with Crippen LogP contribution >= 0.6 is 0 Å². The van der Waals surface area contributed by atoms with Crippen molar-refractivity contribution in [2.45, 2.75) is 32.5 Å². The zero-order valence-corrected chi connectivity index (χ0v) is 7.95. The van der Waals surface area contributed by atoms with Crippen LogP contribution in [0.4, 0.5) is 13.2 Å². The van der Waals surface area contributed by atoms with Crippen LogP contribution in [-0.4, -0.2) is 32.0 Å². The maximum absolute atomic E-state index is 11.7. The summed E-state index contributed by atoms with van der Waals surface area (Å²) >= 11 is 0. The summed E-state index contributed by atoms with van der Waals surface area (Å²) in [7, 11) is 0. The van der Waals surface area contributed by atoms with Crippen molar-refractivity contribution in [2.75, 3.05) is 19.7 Å². The molecule has 5 heteroatoms. The van der Waals surface area contributed by atoms with E-state index >= 15 is 0 Å². The zero-order valence-electron chi connectivity index (χ0n) is 7.95. The summed E-state index contributed by atoms with van der Waals surface area (Å²) in [6.07, 6.45) is -3.42. The van der Waals surface area contributed by atoms with Crippen LogP contribution in [0.3, 0.4) is 0 Å². The highest BCUT2D eigenvalue weighted by atomic mass is 19.4. The SMILES string of the molecule is CCCOC(C)CNCC(F)(F)F. The van der Waals surface area contributed by atoms with Gasteiger partial charge in [0.15, 0.2) is 0 Å². The van der Waals surface area contributed by atoms with Crippen LogP contribution in [0.2, 0.25) is 0 Å². The van der Waals surface area contributed by atoms with Crippen molar-refractivity contribution in [1.82, 2.24) is 5.32 Å². The number of alkyl halides is 3. The Kier molecular flexibility index (Phi) is 6.07. The molecular weight excluding hydrogens is 183 g/mol. The second kappa shape index (κ2) is 6.21. The van der Waals surface area contributed by atoms with Crippen molar-refractivity contribution in [3.63, 3.8) is 0 Å². The van der Waals surface area contributed by atoms with Crippen molar-refractivity contribution < 1.29 is 17.9 Å². The van der Waals surface area contributed by atoms with E-state index in [-0.39, 0.29) is 12.6 Å². The van der Waals surface area contributed by atoms with Gasteiger partial charge in [-0.15, -0.1) is 0 Å². The van der Waals surface area contributed by atoms with Crippen molar-refractivity contribution >= 4 is 0 Å². The molecule has 0 aliphatic carbocycles. The number of rotatable bonds is 6. The Morgan fingerprint density at radius 1 is 1.38 bits per heavy atom. The molecule has 0 aliphatic rings. The predicted molar refractivity (Wildman–Crippen MR) is 44.6 cm³/mol. The molecule has 0 aromatic rings. The minimum absolute atomic E-state index is 0.165. The summed E-state index contributed by atoms with van der Waals surface area (Å²) < 4.78 is 40.1. The molecule has 0 amide bonds. The largest absolute Gasteiger partial charge is 0.401 e. The molecule has 2 nitrogen and oxygen atoms in total. The Labute approximate surface area is 76.5 Å². The van der Waals surface area contributed by atoms with E-state index in [2.05, 4.69) is 5.32 Å². The van der Waals surface area contributed by atoms with E-state index in [0.29, 0.717) is 6.61 Å². The lowest BCUT2D eigenvalue weighted by Gasteiger charge is -2.14. The summed E-state index contributed by atoms with van der Waals surface area (Å²) in [6.45, 7) is 3.58. The Hall–Kier alpha value is -0.290. The molecule has 0 aromatic carbocycles. The molecule has 0 aliphatic heterocycles. The minimum atomic E-state index is -4.13. The molecule has 0 heterocycles. The maximum atomic E-state index is 11.7. The molecule has 0 aromatic heterocycles. The smallest absolute Gasteiger partial charge is 0.377 e. The average molecular weight is 199 g/mol. The molecule has 13 heavy (non-hydrogen) atoms. The van der Waals surface area contributed by atoms with Crippen molar-refractivity contribution in [1.29, 1.82) is 0 Å². The number of halogens is 3. The molecule has 80 valence electrons. The average Bonchev–Trinajstić information content (AvgIpc) is 1.98. The molecule has 1 unspecified atom stereocenters. The molecule has 0 saturated heterocycles. The van der Waals surface area contributed by atoms with Crippen LogP contribution in [0.5, 0.6) is 0 Å². The first-order valence-corrected chi connectivity index (χ1v) is 4.34. The lowest BCUT2D eigenvalue weighted by Crippen LogP contribution is -2.34. The highest BCUT2D eigenvalue weighted by molar-refractivity contribution is 4.59. The fourth-order valence-electron chi connectivity index (χ4n) is 0.795. The molecule has 0 bridgehead atoms. The van der Waals surface area contributed by atoms with Gasteiger partial charge in [-0.3, -0.25) is 0 Å². The molecule has 1 atom stereocenters. The topological polar surface area (TPSA) is 21.3 Å². The lowest BCUT2D eigenvalue weighted by molar-refractivity contribution is -0.125. The van der Waals surface area contributed by atoms with Crippen LogP contribution in [0.25, 0.3) is 0 Å². The maximum Gasteiger partial charge on any atom is 0.401 e. The summed E-state index contributed by atoms with van der Waals surface area (Å²) in [4.78, 5) is 0. The van der Waals surface area contributed by atoms with Gasteiger partial charge in [-0.2, -0.15) is 13.2 Å². The van der Waals surface area contributed by atoms with Gasteiger partial charge in [0.2, 0.25) is 0 Å². The second-order valence-electron chi connectivity index (χ2n) is 2.93. The summed E-state index contributed by atoms with van der Waals surface area (Å²) in [5.74, 6) is 0. The van der Waals surface area contributed by atoms with Gasteiger partial charge < -0.3 is 10.1 Å². The molecule has 0 fully saturated rings. The van der Waals surface area contributed by atoms with Gasteiger partial charge in [0, 0.05) is 13.2 Å². The Bertz CT molecular complexity index is 127. The third-order valence-corrected chi connectivity index (χ3v) is 1.36. The van der Waals surface area contributed by atoms with Crippen LogP contribution in [0, 0.1) is 0 Å². The quantitative estimate of drug-likeness (QED) is 0.706. The third kappa shape index (κ3) is 9.63. The standard InChI is InChI=1S/C8H16F3NO/c1-3-4-13-7(2)5-12-6-8(9,10)11/h7,12H,3-6H2,1-2H3. The summed E-state index contributed by atoms with van der Waals surface area (Å²) in [6, 6.07) is 0. The van der Waals surface area contributed by atoms with Crippen LogP contribution in [0.15, 0.2) is 0 Å². The van der Waals surface area contributed by atoms with E-state index in [0.717, 1.165) is 6.42 Å². The van der Waals surface area contributed by atoms with E-state index in [1.165, 1.54) is 0 Å². The number of ether oxygens (including phenoxy) is 1. The van der Waals surface area contributed by atoms with Crippen LogP contribution in [0.1, 0.15) is 20.3 Å². The fraction of sp³-hybridized carbons (Fsp3) is 1.00. The molecule has 0 saturated carbocycles. The number of hydrogen-bond donors (Lipinski definition) is 1. The first-order chi connectivity index (χ1) is 5.95. The number of hydrogen-bond acceptors (Lipinski definition) is 2. The normalized spacial score (nSPS) is 14.5. The highest BCUT2D eigenvalue weighted by Crippen LogP contribution is 2.12. The zero-order chi connectivity index (χ0) is 10.3. The van der Waals surface area contributed by atoms with Crippen molar-refractivity contribution in [2.24, 2.45) is 0 Å². The summed E-state index contributed by atoms with van der Waals surface area (Å²) in [5, 5.41) is 2.28. The van der Waals surface area contributed by atoms with E-state index < -0.39 is 12.7 Å². The van der Waals surface area contributed by atoms with E-state index in [4.69, 9.17) is 4.74 Å². The summed E-state index contributed by atoms with van der Waals surface area (Å²) in [5.41, 5.74) is 0. The predicted octanol–water partition coefficient (Wildman–Crippen LogP) is 1.95. The Morgan fingerprint density at radius 2 is 2.00 bits per heavy atom. The highest BCUT2D eigenvalue weighted by Gasteiger charge is 2.26. The van der Waals surface area contributed by atoms with Gasteiger partial charge in [0.25, 0.3) is 0 Å². The van der Waals surface area contributed by atoms with Gasteiger partial charge in [-0.1, -0.05) is 6.92 Å². The fourth-order valence-corrected chi connectivity index (χ4v) is 0.795. The van der Waals surface area contributed by atoms with Crippen molar-refractivity contribution in [3.05, 3.63) is 0 Å². The first-order valence-electron chi connectivity index (χ1n) is 4.34. The monoisotopic (exact) mass is 199 g/mol. The van der Waals surface area contributed by atoms with Crippen LogP contribution in [-0.2, 0) is 4.74 Å². The Morgan fingerprint density at radius 3 is 2.46 bits per heavy atom. The number of nitrogens with one attached hydrogen (secondary N) is 1. The molecular formula is C8H16F3NO. The lowest BCUT2D eigenvalue weighted by atomic mass is 10.4. The molecule has 1 N–H and O–H groups in total. The van der Waals surface area contributed by atoms with Gasteiger partial charge in [-0.05, 0) is 13.3 Å².